The van der Waals surface area contributed by atoms with Gasteiger partial charge in [-0.15, -0.1) is 0 Å². The second-order valence-electron chi connectivity index (χ2n) is 6.23. The Bertz CT molecular complexity index is 1180. The summed E-state index contributed by atoms with van der Waals surface area (Å²) in [4.78, 5) is 29.1. The highest BCUT2D eigenvalue weighted by Gasteiger charge is 2.09. The van der Waals surface area contributed by atoms with E-state index >= 15 is 0 Å². The number of benzene rings is 2. The number of carbonyl (C=O) groups is 1. The third kappa shape index (κ3) is 3.86. The molecule has 0 atom stereocenters. The standard InChI is InChI=1S/C20H16BrN5O2/c21-15-4-7-18-17(10-15)20(28)25(13-23-18)12-19(27)22-11-14-2-5-16(6-3-14)26-9-1-8-24-26/h1-10,13H,11-12H2,(H,22,27). The van der Waals surface area contributed by atoms with Crippen molar-refractivity contribution in [2.45, 2.75) is 13.1 Å². The van der Waals surface area contributed by atoms with Crippen LogP contribution >= 0.6 is 15.9 Å². The van der Waals surface area contributed by atoms with Crippen molar-refractivity contribution in [2.24, 2.45) is 0 Å². The second-order valence-corrected chi connectivity index (χ2v) is 7.15. The number of fused-ring (bicyclic) bond motifs is 1. The van der Waals surface area contributed by atoms with Gasteiger partial charge in [0.2, 0.25) is 5.91 Å². The van der Waals surface area contributed by atoms with Crippen molar-refractivity contribution in [3.8, 4) is 5.69 Å². The van der Waals surface area contributed by atoms with E-state index in [0.717, 1.165) is 15.7 Å². The quantitative estimate of drug-likeness (QED) is 0.520. The van der Waals surface area contributed by atoms with E-state index in [1.165, 1.54) is 10.9 Å². The summed E-state index contributed by atoms with van der Waals surface area (Å²) in [5.74, 6) is -0.255. The molecular weight excluding hydrogens is 422 g/mol. The molecule has 1 N–H and O–H groups in total. The van der Waals surface area contributed by atoms with E-state index in [1.807, 2.05) is 42.6 Å². The van der Waals surface area contributed by atoms with E-state index in [2.05, 4.69) is 31.3 Å². The van der Waals surface area contributed by atoms with Crippen molar-refractivity contribution >= 4 is 32.7 Å². The van der Waals surface area contributed by atoms with Gasteiger partial charge in [0.15, 0.2) is 0 Å². The molecule has 7 nitrogen and oxygen atoms in total. The van der Waals surface area contributed by atoms with E-state index in [-0.39, 0.29) is 18.0 Å². The molecule has 0 aliphatic heterocycles. The number of hydrogen-bond donors (Lipinski definition) is 1. The molecule has 140 valence electrons. The van der Waals surface area contributed by atoms with Crippen LogP contribution < -0.4 is 10.9 Å². The molecule has 0 spiro atoms. The minimum atomic E-state index is -0.255. The van der Waals surface area contributed by atoms with Gasteiger partial charge in [0.1, 0.15) is 6.54 Å². The molecule has 28 heavy (non-hydrogen) atoms. The van der Waals surface area contributed by atoms with Crippen molar-refractivity contribution < 1.29 is 4.79 Å². The van der Waals surface area contributed by atoms with Crippen LogP contribution in [0.2, 0.25) is 0 Å². The number of carbonyl (C=O) groups excluding carboxylic acids is 1. The summed E-state index contributed by atoms with van der Waals surface area (Å²) >= 11 is 3.35. The lowest BCUT2D eigenvalue weighted by atomic mass is 10.2. The highest BCUT2D eigenvalue weighted by Crippen LogP contribution is 2.14. The van der Waals surface area contributed by atoms with Crippen molar-refractivity contribution in [2.75, 3.05) is 0 Å². The summed E-state index contributed by atoms with van der Waals surface area (Å²) in [5.41, 5.74) is 2.25. The normalized spacial score (nSPS) is 10.9. The smallest absolute Gasteiger partial charge is 0.261 e. The molecule has 2 heterocycles. The van der Waals surface area contributed by atoms with E-state index in [1.54, 1.807) is 23.0 Å². The van der Waals surface area contributed by atoms with Gasteiger partial charge in [0.25, 0.3) is 5.56 Å². The fourth-order valence-electron chi connectivity index (χ4n) is 2.84. The van der Waals surface area contributed by atoms with Crippen LogP contribution in [0.15, 0.2) is 76.5 Å². The molecule has 0 saturated heterocycles. The molecule has 0 radical (unpaired) electrons. The number of amides is 1. The fourth-order valence-corrected chi connectivity index (χ4v) is 3.20. The Morgan fingerprint density at radius 3 is 2.71 bits per heavy atom. The van der Waals surface area contributed by atoms with Gasteiger partial charge in [-0.05, 0) is 42.0 Å². The monoisotopic (exact) mass is 437 g/mol. The minimum absolute atomic E-state index is 0.0837. The van der Waals surface area contributed by atoms with Crippen LogP contribution in [0.5, 0.6) is 0 Å². The zero-order valence-corrected chi connectivity index (χ0v) is 16.3. The van der Waals surface area contributed by atoms with Crippen LogP contribution in [0.4, 0.5) is 0 Å². The lowest BCUT2D eigenvalue weighted by Gasteiger charge is -2.09. The van der Waals surface area contributed by atoms with Crippen LogP contribution in [0.25, 0.3) is 16.6 Å². The average Bonchev–Trinajstić information content (AvgIpc) is 3.24. The first-order chi connectivity index (χ1) is 13.6. The molecule has 0 aliphatic carbocycles. The lowest BCUT2D eigenvalue weighted by Crippen LogP contribution is -2.32. The van der Waals surface area contributed by atoms with E-state index in [0.29, 0.717) is 17.4 Å². The fraction of sp³-hybridized carbons (Fsp3) is 0.100. The Kier molecular flexibility index (Phi) is 5.03. The Labute approximate surface area is 168 Å². The summed E-state index contributed by atoms with van der Waals surface area (Å²) in [5, 5.41) is 7.48. The Morgan fingerprint density at radius 2 is 1.96 bits per heavy atom. The first-order valence-electron chi connectivity index (χ1n) is 8.60. The zero-order valence-electron chi connectivity index (χ0n) is 14.7. The van der Waals surface area contributed by atoms with Gasteiger partial charge in [0, 0.05) is 23.4 Å². The van der Waals surface area contributed by atoms with Gasteiger partial charge < -0.3 is 5.32 Å². The summed E-state index contributed by atoms with van der Waals surface area (Å²) in [6.07, 6.45) is 4.98. The molecular formula is C20H16BrN5O2. The molecule has 0 fully saturated rings. The minimum Gasteiger partial charge on any atom is -0.350 e. The summed E-state index contributed by atoms with van der Waals surface area (Å²) in [6, 6.07) is 14.9. The number of hydrogen-bond acceptors (Lipinski definition) is 4. The number of halogens is 1. The maximum atomic E-state index is 12.6. The van der Waals surface area contributed by atoms with Crippen LogP contribution in [-0.4, -0.2) is 25.2 Å². The van der Waals surface area contributed by atoms with Crippen LogP contribution in [0.3, 0.4) is 0 Å². The predicted molar refractivity (Wildman–Crippen MR) is 109 cm³/mol. The summed E-state index contributed by atoms with van der Waals surface area (Å²) in [6.45, 7) is 0.291. The van der Waals surface area contributed by atoms with Crippen molar-refractivity contribution in [3.63, 3.8) is 0 Å². The average molecular weight is 438 g/mol. The number of rotatable bonds is 5. The highest BCUT2D eigenvalue weighted by atomic mass is 79.9. The van der Waals surface area contributed by atoms with E-state index < -0.39 is 0 Å². The first-order valence-corrected chi connectivity index (χ1v) is 9.40. The second kappa shape index (κ2) is 7.77. The first kappa shape index (κ1) is 18.1. The van der Waals surface area contributed by atoms with Gasteiger partial charge in [-0.25, -0.2) is 9.67 Å². The summed E-state index contributed by atoms with van der Waals surface area (Å²) < 4.78 is 3.87. The lowest BCUT2D eigenvalue weighted by molar-refractivity contribution is -0.121. The Balaban J connectivity index is 1.41. The Morgan fingerprint density at radius 1 is 1.14 bits per heavy atom. The number of nitrogens with one attached hydrogen (secondary N) is 1. The molecule has 0 aliphatic rings. The van der Waals surface area contributed by atoms with Crippen LogP contribution in [0, 0.1) is 0 Å². The maximum absolute atomic E-state index is 12.6. The van der Waals surface area contributed by atoms with Gasteiger partial charge in [-0.1, -0.05) is 28.1 Å². The van der Waals surface area contributed by atoms with Gasteiger partial charge in [-0.3, -0.25) is 14.2 Å². The zero-order chi connectivity index (χ0) is 19.5. The van der Waals surface area contributed by atoms with Gasteiger partial charge in [0.05, 0.1) is 22.9 Å². The van der Waals surface area contributed by atoms with Crippen LogP contribution in [-0.2, 0) is 17.9 Å². The number of nitrogens with zero attached hydrogens (tertiary/aromatic N) is 4. The van der Waals surface area contributed by atoms with Gasteiger partial charge in [-0.2, -0.15) is 5.10 Å². The maximum Gasteiger partial charge on any atom is 0.261 e. The molecule has 1 amide bonds. The molecule has 2 aromatic heterocycles. The van der Waals surface area contributed by atoms with Crippen molar-refractivity contribution in [1.29, 1.82) is 0 Å². The van der Waals surface area contributed by atoms with Crippen molar-refractivity contribution in [3.05, 3.63) is 87.6 Å². The molecule has 0 bridgehead atoms. The molecule has 0 saturated carbocycles. The topological polar surface area (TPSA) is 81.8 Å². The Hall–Kier alpha value is -3.26. The predicted octanol–water partition coefficient (Wildman–Crippen LogP) is 2.66. The summed E-state index contributed by atoms with van der Waals surface area (Å²) in [7, 11) is 0. The molecule has 4 rings (SSSR count). The largest absolute Gasteiger partial charge is 0.350 e. The third-order valence-corrected chi connectivity index (χ3v) is 4.79. The SMILES string of the molecule is O=C(Cn1cnc2ccc(Br)cc2c1=O)NCc1ccc(-n2cccn2)cc1. The van der Waals surface area contributed by atoms with Crippen molar-refractivity contribution in [1.82, 2.24) is 24.6 Å². The molecule has 8 heteroatoms. The molecule has 0 unspecified atom stereocenters. The van der Waals surface area contributed by atoms with E-state index in [4.69, 9.17) is 0 Å². The molecule has 4 aromatic rings. The third-order valence-electron chi connectivity index (χ3n) is 4.29. The molecule has 2 aromatic carbocycles. The number of aromatic nitrogens is 4. The van der Waals surface area contributed by atoms with Gasteiger partial charge >= 0.3 is 0 Å². The highest BCUT2D eigenvalue weighted by molar-refractivity contribution is 9.10. The van der Waals surface area contributed by atoms with Crippen LogP contribution in [0.1, 0.15) is 5.56 Å². The van der Waals surface area contributed by atoms with E-state index in [9.17, 15) is 9.59 Å².